The monoisotopic (exact) mass is 465 g/mol. The summed E-state index contributed by atoms with van der Waals surface area (Å²) in [5.41, 5.74) is 2.27. The number of methoxy groups -OCH3 is 2. The summed E-state index contributed by atoms with van der Waals surface area (Å²) >= 11 is 1.55. The number of carbonyl (C=O) groups is 2. The molecular weight excluding hydrogens is 438 g/mol. The predicted octanol–water partition coefficient (Wildman–Crippen LogP) is 4.78. The molecule has 1 N–H and O–H groups in total. The van der Waals surface area contributed by atoms with Crippen LogP contribution in [0.15, 0.2) is 60.0 Å². The third-order valence-electron chi connectivity index (χ3n) is 5.48. The van der Waals surface area contributed by atoms with E-state index in [2.05, 4.69) is 5.32 Å². The van der Waals surface area contributed by atoms with Crippen LogP contribution in [0.4, 0.5) is 16.2 Å². The highest BCUT2D eigenvalue weighted by Gasteiger charge is 2.28. The minimum atomic E-state index is -0.102. The second-order valence-corrected chi connectivity index (χ2v) is 8.78. The second-order valence-electron chi connectivity index (χ2n) is 7.75. The van der Waals surface area contributed by atoms with Crippen molar-refractivity contribution in [1.82, 2.24) is 4.90 Å². The van der Waals surface area contributed by atoms with Crippen molar-refractivity contribution in [2.45, 2.75) is 19.4 Å². The number of benzene rings is 2. The Labute approximate surface area is 197 Å². The van der Waals surface area contributed by atoms with Crippen molar-refractivity contribution in [3.8, 4) is 11.5 Å². The lowest BCUT2D eigenvalue weighted by atomic mass is 10.1. The van der Waals surface area contributed by atoms with Gasteiger partial charge in [0.1, 0.15) is 11.5 Å². The molecule has 3 amide bonds. The van der Waals surface area contributed by atoms with Gasteiger partial charge in [0, 0.05) is 30.6 Å². The standard InChI is InChI=1S/C25H27N3O4S/c1-31-19-13-18(14-20(15-19)32-2)17-27-10-6-11-28(25(27)30)23-9-4-3-8-22(23)26-24(29)16-21-7-5-12-33-21/h3-5,7-9,12-15H,6,10-11,16-17H2,1-2H3,(H,26,29). The molecule has 1 saturated heterocycles. The highest BCUT2D eigenvalue weighted by molar-refractivity contribution is 7.10. The smallest absolute Gasteiger partial charge is 0.324 e. The number of rotatable bonds is 8. The van der Waals surface area contributed by atoms with E-state index in [0.717, 1.165) is 16.9 Å². The zero-order valence-electron chi connectivity index (χ0n) is 18.7. The second kappa shape index (κ2) is 10.4. The zero-order chi connectivity index (χ0) is 23.2. The Morgan fingerprint density at radius 3 is 2.48 bits per heavy atom. The van der Waals surface area contributed by atoms with Crippen molar-refractivity contribution in [3.63, 3.8) is 0 Å². The fraction of sp³-hybridized carbons (Fsp3) is 0.280. The first-order chi connectivity index (χ1) is 16.1. The molecule has 0 unspecified atom stereocenters. The van der Waals surface area contributed by atoms with E-state index in [1.165, 1.54) is 0 Å². The molecule has 7 nitrogen and oxygen atoms in total. The first-order valence-corrected chi connectivity index (χ1v) is 11.6. The van der Waals surface area contributed by atoms with Gasteiger partial charge in [0.05, 0.1) is 32.0 Å². The molecule has 0 aliphatic carbocycles. The van der Waals surface area contributed by atoms with E-state index in [0.29, 0.717) is 48.9 Å². The Bertz CT molecular complexity index is 1090. The maximum atomic E-state index is 13.4. The molecule has 8 heteroatoms. The van der Waals surface area contributed by atoms with Crippen LogP contribution in [0.3, 0.4) is 0 Å². The van der Waals surface area contributed by atoms with Gasteiger partial charge in [-0.25, -0.2) is 4.79 Å². The quantitative estimate of drug-likeness (QED) is 0.520. The number of amides is 3. The van der Waals surface area contributed by atoms with Crippen LogP contribution in [-0.2, 0) is 17.8 Å². The van der Waals surface area contributed by atoms with Crippen molar-refractivity contribution < 1.29 is 19.1 Å². The number of hydrogen-bond donors (Lipinski definition) is 1. The molecule has 0 radical (unpaired) electrons. The number of nitrogens with zero attached hydrogens (tertiary/aromatic N) is 2. The summed E-state index contributed by atoms with van der Waals surface area (Å²) in [4.78, 5) is 30.5. The Hall–Kier alpha value is -3.52. The topological polar surface area (TPSA) is 71.1 Å². The third kappa shape index (κ3) is 5.46. The molecule has 0 spiro atoms. The molecular formula is C25H27N3O4S. The molecule has 2 heterocycles. The highest BCUT2D eigenvalue weighted by atomic mass is 32.1. The summed E-state index contributed by atoms with van der Waals surface area (Å²) in [5.74, 6) is 1.27. The van der Waals surface area contributed by atoms with Crippen molar-refractivity contribution in [2.24, 2.45) is 0 Å². The van der Waals surface area contributed by atoms with Gasteiger partial charge < -0.3 is 19.7 Å². The first-order valence-electron chi connectivity index (χ1n) is 10.8. The maximum absolute atomic E-state index is 13.4. The van der Waals surface area contributed by atoms with Crippen LogP contribution < -0.4 is 19.7 Å². The van der Waals surface area contributed by atoms with Crippen LogP contribution in [0.2, 0.25) is 0 Å². The van der Waals surface area contributed by atoms with E-state index in [1.807, 2.05) is 64.9 Å². The van der Waals surface area contributed by atoms with Crippen LogP contribution in [0.5, 0.6) is 11.5 Å². The molecule has 1 aliphatic heterocycles. The first kappa shape index (κ1) is 22.7. The summed E-state index contributed by atoms with van der Waals surface area (Å²) < 4.78 is 10.7. The molecule has 1 aliphatic rings. The van der Waals surface area contributed by atoms with Gasteiger partial charge in [-0.1, -0.05) is 18.2 Å². The van der Waals surface area contributed by atoms with Crippen molar-refractivity contribution >= 4 is 34.6 Å². The number of anilines is 2. The van der Waals surface area contributed by atoms with Crippen molar-refractivity contribution in [1.29, 1.82) is 0 Å². The number of nitrogens with one attached hydrogen (secondary N) is 1. The molecule has 0 atom stereocenters. The van der Waals surface area contributed by atoms with E-state index in [1.54, 1.807) is 30.5 Å². The lowest BCUT2D eigenvalue weighted by molar-refractivity contribution is -0.115. The minimum Gasteiger partial charge on any atom is -0.497 e. The minimum absolute atomic E-state index is 0.0945. The van der Waals surface area contributed by atoms with Crippen LogP contribution in [0, 0.1) is 0 Å². The SMILES string of the molecule is COc1cc(CN2CCCN(c3ccccc3NC(=O)Cc3cccs3)C2=O)cc(OC)c1. The van der Waals surface area contributed by atoms with Gasteiger partial charge in [-0.05, 0) is 47.7 Å². The van der Waals surface area contributed by atoms with E-state index >= 15 is 0 Å². The number of ether oxygens (including phenoxy) is 2. The van der Waals surface area contributed by atoms with Gasteiger partial charge in [-0.2, -0.15) is 0 Å². The summed E-state index contributed by atoms with van der Waals surface area (Å²) in [6, 6.07) is 16.8. The van der Waals surface area contributed by atoms with Gasteiger partial charge in [-0.15, -0.1) is 11.3 Å². The van der Waals surface area contributed by atoms with E-state index in [9.17, 15) is 9.59 Å². The lowest BCUT2D eigenvalue weighted by Gasteiger charge is -2.36. The molecule has 0 bridgehead atoms. The Kier molecular flexibility index (Phi) is 7.14. The number of carbonyl (C=O) groups excluding carboxylic acids is 2. The van der Waals surface area contributed by atoms with Crippen LogP contribution in [0.25, 0.3) is 0 Å². The van der Waals surface area contributed by atoms with E-state index < -0.39 is 0 Å². The van der Waals surface area contributed by atoms with Crippen LogP contribution in [0.1, 0.15) is 16.9 Å². The molecule has 2 aromatic carbocycles. The van der Waals surface area contributed by atoms with Gasteiger partial charge >= 0.3 is 6.03 Å². The normalized spacial score (nSPS) is 13.7. The summed E-state index contributed by atoms with van der Waals surface area (Å²) in [6.45, 7) is 1.69. The molecule has 1 fully saturated rings. The summed E-state index contributed by atoms with van der Waals surface area (Å²) in [6.07, 6.45) is 1.13. The molecule has 172 valence electrons. The number of para-hydroxylation sites is 2. The van der Waals surface area contributed by atoms with Crippen molar-refractivity contribution in [2.75, 3.05) is 37.5 Å². The Morgan fingerprint density at radius 2 is 1.79 bits per heavy atom. The fourth-order valence-corrected chi connectivity index (χ4v) is 4.61. The van der Waals surface area contributed by atoms with E-state index in [4.69, 9.17) is 9.47 Å². The molecule has 33 heavy (non-hydrogen) atoms. The van der Waals surface area contributed by atoms with Crippen LogP contribution in [-0.4, -0.2) is 44.1 Å². The van der Waals surface area contributed by atoms with Crippen LogP contribution >= 0.6 is 11.3 Å². The molecule has 0 saturated carbocycles. The third-order valence-corrected chi connectivity index (χ3v) is 6.36. The highest BCUT2D eigenvalue weighted by Crippen LogP contribution is 2.30. The van der Waals surface area contributed by atoms with Gasteiger partial charge in [0.2, 0.25) is 5.91 Å². The average Bonchev–Trinajstić information content (AvgIpc) is 3.33. The van der Waals surface area contributed by atoms with E-state index in [-0.39, 0.29) is 11.9 Å². The van der Waals surface area contributed by atoms with Gasteiger partial charge in [0.15, 0.2) is 0 Å². The average molecular weight is 466 g/mol. The summed E-state index contributed by atoms with van der Waals surface area (Å²) in [7, 11) is 3.21. The molecule has 4 rings (SSSR count). The number of urea groups is 1. The largest absolute Gasteiger partial charge is 0.497 e. The van der Waals surface area contributed by atoms with Gasteiger partial charge in [-0.3, -0.25) is 9.69 Å². The summed E-state index contributed by atoms with van der Waals surface area (Å²) in [5, 5.41) is 4.94. The number of thiophene rings is 1. The zero-order valence-corrected chi connectivity index (χ0v) is 19.6. The van der Waals surface area contributed by atoms with Gasteiger partial charge in [0.25, 0.3) is 0 Å². The number of hydrogen-bond acceptors (Lipinski definition) is 5. The molecule has 3 aromatic rings. The molecule has 1 aromatic heterocycles. The van der Waals surface area contributed by atoms with Crippen molar-refractivity contribution in [3.05, 3.63) is 70.4 Å². The predicted molar refractivity (Wildman–Crippen MR) is 130 cm³/mol. The Balaban J connectivity index is 1.51. The fourth-order valence-electron chi connectivity index (χ4n) is 3.91. The lowest BCUT2D eigenvalue weighted by Crippen LogP contribution is -2.49. The maximum Gasteiger partial charge on any atom is 0.324 e. The Morgan fingerprint density at radius 1 is 1.03 bits per heavy atom.